The van der Waals surface area contributed by atoms with E-state index in [-0.39, 0.29) is 11.3 Å². The molecule has 1 atom stereocenters. The highest BCUT2D eigenvalue weighted by atomic mass is 19.4. The minimum Gasteiger partial charge on any atom is -0.478 e. The van der Waals surface area contributed by atoms with Crippen LogP contribution in [0.4, 0.5) is 22.0 Å². The van der Waals surface area contributed by atoms with Crippen molar-refractivity contribution in [1.29, 1.82) is 0 Å². The summed E-state index contributed by atoms with van der Waals surface area (Å²) in [4.78, 5) is 24.0. The molecule has 0 radical (unpaired) electrons. The van der Waals surface area contributed by atoms with Crippen molar-refractivity contribution in [3.63, 3.8) is 0 Å². The number of hydrogen-bond donors (Lipinski definition) is 2. The summed E-state index contributed by atoms with van der Waals surface area (Å²) in [5.41, 5.74) is -2.45. The highest BCUT2D eigenvalue weighted by Gasteiger charge is 2.42. The molecule has 0 unspecified atom stereocenters. The van der Waals surface area contributed by atoms with E-state index < -0.39 is 52.7 Å². The maximum atomic E-state index is 13.7. The van der Waals surface area contributed by atoms with Crippen LogP contribution >= 0.6 is 0 Å². The van der Waals surface area contributed by atoms with E-state index in [1.165, 1.54) is 43.3 Å². The second-order valence-electron chi connectivity index (χ2n) is 7.79. The Kier molecular flexibility index (Phi) is 6.86. The molecule has 1 amide bonds. The van der Waals surface area contributed by atoms with Crippen LogP contribution in [0.15, 0.2) is 48.5 Å². The van der Waals surface area contributed by atoms with E-state index in [1.54, 1.807) is 0 Å². The van der Waals surface area contributed by atoms with Crippen molar-refractivity contribution in [2.24, 2.45) is 7.05 Å². The molecule has 0 fully saturated rings. The van der Waals surface area contributed by atoms with Crippen LogP contribution < -0.4 is 10.1 Å². The van der Waals surface area contributed by atoms with Crippen LogP contribution in [0, 0.1) is 0 Å². The van der Waals surface area contributed by atoms with E-state index in [4.69, 9.17) is 9.84 Å². The van der Waals surface area contributed by atoms with Crippen LogP contribution in [0.1, 0.15) is 57.4 Å². The number of alkyl halides is 5. The number of nitrogens with zero attached hydrogens (tertiary/aromatic N) is 2. The Morgan fingerprint density at radius 3 is 2.26 bits per heavy atom. The molecule has 186 valence electrons. The molecule has 0 aliphatic carbocycles. The van der Waals surface area contributed by atoms with Gasteiger partial charge in [-0.3, -0.25) is 4.79 Å². The van der Waals surface area contributed by atoms with Gasteiger partial charge in [-0.25, -0.2) is 18.3 Å². The van der Waals surface area contributed by atoms with Crippen molar-refractivity contribution in [1.82, 2.24) is 15.1 Å². The van der Waals surface area contributed by atoms with Crippen LogP contribution in [-0.4, -0.2) is 26.8 Å². The summed E-state index contributed by atoms with van der Waals surface area (Å²) in [7, 11) is 1.12. The van der Waals surface area contributed by atoms with Crippen molar-refractivity contribution < 1.29 is 41.4 Å². The van der Waals surface area contributed by atoms with Gasteiger partial charge in [0.1, 0.15) is 11.3 Å². The Hall–Kier alpha value is -3.96. The number of aryl methyl sites for hydroxylation is 1. The van der Waals surface area contributed by atoms with Gasteiger partial charge in [-0.2, -0.15) is 18.3 Å². The fraction of sp³-hybridized carbons (Fsp3) is 0.261. The zero-order valence-electron chi connectivity index (χ0n) is 18.7. The second-order valence-corrected chi connectivity index (χ2v) is 7.79. The lowest BCUT2D eigenvalue weighted by Gasteiger charge is -2.16. The number of carbonyl (C=O) groups excluding carboxylic acids is 1. The first-order valence-electron chi connectivity index (χ1n) is 10.1. The van der Waals surface area contributed by atoms with Gasteiger partial charge in [-0.1, -0.05) is 24.3 Å². The monoisotopic (exact) mass is 497 g/mol. The number of hydrogen-bond acceptors (Lipinski definition) is 4. The molecule has 0 saturated carbocycles. The summed E-state index contributed by atoms with van der Waals surface area (Å²) < 4.78 is 74.5. The Labute approximate surface area is 196 Å². The Morgan fingerprint density at radius 1 is 1.09 bits per heavy atom. The summed E-state index contributed by atoms with van der Waals surface area (Å²) in [5, 5.41) is 14.8. The van der Waals surface area contributed by atoms with Crippen LogP contribution in [0.3, 0.4) is 0 Å². The molecule has 7 nitrogen and oxygen atoms in total. The molecule has 1 aromatic heterocycles. The molecule has 0 aliphatic heterocycles. The van der Waals surface area contributed by atoms with Crippen molar-refractivity contribution in [2.75, 3.05) is 0 Å². The number of aromatic nitrogens is 2. The average Bonchev–Trinajstić information content (AvgIpc) is 3.10. The van der Waals surface area contributed by atoms with Gasteiger partial charge in [0, 0.05) is 19.5 Å². The fourth-order valence-electron chi connectivity index (χ4n) is 3.24. The third kappa shape index (κ3) is 5.76. The topological polar surface area (TPSA) is 93.5 Å². The SMILES string of the molecule is C[C@H](NC(=O)c1c(C(F)(F)F)nn(C)c1Oc1cccc(C(C)(F)F)c1)c1ccc(C(=O)O)cc1. The highest BCUT2D eigenvalue weighted by Crippen LogP contribution is 2.38. The largest absolute Gasteiger partial charge is 0.478 e. The Morgan fingerprint density at radius 2 is 1.71 bits per heavy atom. The molecule has 0 aliphatic rings. The van der Waals surface area contributed by atoms with Gasteiger partial charge >= 0.3 is 12.1 Å². The van der Waals surface area contributed by atoms with Crippen molar-refractivity contribution >= 4 is 11.9 Å². The summed E-state index contributed by atoms with van der Waals surface area (Å²) in [6.07, 6.45) is -5.02. The molecule has 3 aromatic rings. The first kappa shape index (κ1) is 25.7. The first-order valence-corrected chi connectivity index (χ1v) is 10.1. The van der Waals surface area contributed by atoms with Gasteiger partial charge in [0.05, 0.1) is 11.6 Å². The van der Waals surface area contributed by atoms with Gasteiger partial charge in [0.15, 0.2) is 5.69 Å². The number of rotatable bonds is 7. The molecular formula is C23H20F5N3O4. The average molecular weight is 497 g/mol. The lowest BCUT2D eigenvalue weighted by molar-refractivity contribution is -0.141. The molecule has 3 rings (SSSR count). The zero-order valence-corrected chi connectivity index (χ0v) is 18.7. The molecule has 2 N–H and O–H groups in total. The zero-order chi connectivity index (χ0) is 26.1. The highest BCUT2D eigenvalue weighted by molar-refractivity contribution is 5.98. The number of benzene rings is 2. The third-order valence-corrected chi connectivity index (χ3v) is 5.05. The Balaban J connectivity index is 1.97. The minimum atomic E-state index is -5.02. The van der Waals surface area contributed by atoms with E-state index in [2.05, 4.69) is 10.4 Å². The number of nitrogens with one attached hydrogen (secondary N) is 1. The lowest BCUT2D eigenvalue weighted by Crippen LogP contribution is -2.28. The molecule has 12 heteroatoms. The maximum absolute atomic E-state index is 13.7. The van der Waals surface area contributed by atoms with Crippen LogP contribution in [-0.2, 0) is 19.1 Å². The number of carboxylic acids is 1. The smallest absolute Gasteiger partial charge is 0.436 e. The fourth-order valence-corrected chi connectivity index (χ4v) is 3.24. The van der Waals surface area contributed by atoms with E-state index in [1.807, 2.05) is 0 Å². The van der Waals surface area contributed by atoms with E-state index in [9.17, 15) is 31.5 Å². The predicted octanol–water partition coefficient (Wildman–Crippen LogP) is 5.53. The molecule has 1 heterocycles. The third-order valence-electron chi connectivity index (χ3n) is 5.05. The second kappa shape index (κ2) is 9.35. The minimum absolute atomic E-state index is 0.00512. The number of carbonyl (C=O) groups is 2. The van der Waals surface area contributed by atoms with Crippen LogP contribution in [0.5, 0.6) is 11.6 Å². The Bertz CT molecular complexity index is 1250. The molecular weight excluding hydrogens is 477 g/mol. The summed E-state index contributed by atoms with van der Waals surface area (Å²) in [6, 6.07) is 9.16. The van der Waals surface area contributed by atoms with Crippen molar-refractivity contribution in [2.45, 2.75) is 32.0 Å². The van der Waals surface area contributed by atoms with Crippen LogP contribution in [0.2, 0.25) is 0 Å². The molecule has 0 bridgehead atoms. The molecule has 0 spiro atoms. The van der Waals surface area contributed by atoms with Gasteiger partial charge in [-0.15, -0.1) is 0 Å². The molecule has 2 aromatic carbocycles. The number of aromatic carboxylic acids is 1. The number of carboxylic acid groups (broad SMARTS) is 1. The normalized spacial score (nSPS) is 12.8. The van der Waals surface area contributed by atoms with Gasteiger partial charge in [-0.05, 0) is 36.8 Å². The van der Waals surface area contributed by atoms with E-state index >= 15 is 0 Å². The van der Waals surface area contributed by atoms with Crippen molar-refractivity contribution in [3.05, 3.63) is 76.5 Å². The summed E-state index contributed by atoms with van der Waals surface area (Å²) in [5.74, 6) is -6.38. The lowest BCUT2D eigenvalue weighted by atomic mass is 10.1. The van der Waals surface area contributed by atoms with E-state index in [0.717, 1.165) is 19.2 Å². The van der Waals surface area contributed by atoms with Gasteiger partial charge in [0.2, 0.25) is 5.88 Å². The van der Waals surface area contributed by atoms with Crippen LogP contribution in [0.25, 0.3) is 0 Å². The molecule has 35 heavy (non-hydrogen) atoms. The number of ether oxygens (including phenoxy) is 1. The summed E-state index contributed by atoms with van der Waals surface area (Å²) in [6.45, 7) is 2.14. The summed E-state index contributed by atoms with van der Waals surface area (Å²) >= 11 is 0. The van der Waals surface area contributed by atoms with E-state index in [0.29, 0.717) is 17.2 Å². The standard InChI is InChI=1S/C23H20F5N3O4/c1-12(13-7-9-14(10-8-13)21(33)34)29-19(32)17-18(23(26,27)28)30-31(3)20(17)35-16-6-4-5-15(11-16)22(2,24)25/h4-12H,1-3H3,(H,29,32)(H,33,34)/t12-/m0/s1. The maximum Gasteiger partial charge on any atom is 0.436 e. The predicted molar refractivity (Wildman–Crippen MR) is 114 cm³/mol. The quantitative estimate of drug-likeness (QED) is 0.419. The van der Waals surface area contributed by atoms with Gasteiger partial charge in [0.25, 0.3) is 11.8 Å². The number of amides is 1. The first-order chi connectivity index (χ1) is 16.2. The number of halogens is 5. The van der Waals surface area contributed by atoms with Gasteiger partial charge < -0.3 is 15.2 Å². The van der Waals surface area contributed by atoms with Crippen molar-refractivity contribution in [3.8, 4) is 11.6 Å². The molecule has 0 saturated heterocycles.